The zero-order valence-corrected chi connectivity index (χ0v) is 46.7. The first-order valence-corrected chi connectivity index (χ1v) is 29.5. The van der Waals surface area contributed by atoms with Crippen molar-refractivity contribution in [3.63, 3.8) is 0 Å². The van der Waals surface area contributed by atoms with E-state index in [9.17, 15) is 14.4 Å². The maximum absolute atomic E-state index is 12.9. The third-order valence-electron chi connectivity index (χ3n) is 12.2. The number of hydrogen-bond donors (Lipinski definition) is 0. The Morgan fingerprint density at radius 1 is 0.292 bits per heavy atom. The highest BCUT2D eigenvalue weighted by Gasteiger charge is 2.19. The van der Waals surface area contributed by atoms with Crippen molar-refractivity contribution in [2.24, 2.45) is 0 Å². The molecule has 6 heteroatoms. The number of carbonyl (C=O) groups excluding carboxylic acids is 3. The topological polar surface area (TPSA) is 78.9 Å². The molecule has 0 bridgehead atoms. The molecular formula is C66H108O6. The Morgan fingerprint density at radius 2 is 0.542 bits per heavy atom. The second kappa shape index (κ2) is 59.4. The first-order valence-electron chi connectivity index (χ1n) is 29.5. The van der Waals surface area contributed by atoms with Gasteiger partial charge in [-0.25, -0.2) is 0 Å². The van der Waals surface area contributed by atoms with E-state index in [1.165, 1.54) is 70.6 Å². The highest BCUT2D eigenvalue weighted by molar-refractivity contribution is 5.71. The molecule has 6 nitrogen and oxygen atoms in total. The summed E-state index contributed by atoms with van der Waals surface area (Å²) in [6.45, 7) is 6.44. The van der Waals surface area contributed by atoms with Crippen LogP contribution in [0.1, 0.15) is 258 Å². The summed E-state index contributed by atoms with van der Waals surface area (Å²) in [5, 5.41) is 0. The van der Waals surface area contributed by atoms with Crippen molar-refractivity contribution >= 4 is 17.9 Å². The largest absolute Gasteiger partial charge is 0.462 e. The minimum Gasteiger partial charge on any atom is -0.462 e. The second-order valence-corrected chi connectivity index (χ2v) is 19.2. The maximum Gasteiger partial charge on any atom is 0.306 e. The number of unbranched alkanes of at least 4 members (excludes halogenated alkanes) is 21. The molecule has 408 valence electrons. The van der Waals surface area contributed by atoms with Crippen molar-refractivity contribution in [2.75, 3.05) is 13.2 Å². The Bertz CT molecular complexity index is 1520. The lowest BCUT2D eigenvalue weighted by molar-refractivity contribution is -0.167. The van der Waals surface area contributed by atoms with Crippen LogP contribution in [0.2, 0.25) is 0 Å². The molecular weight excluding hydrogens is 889 g/mol. The van der Waals surface area contributed by atoms with E-state index in [-0.39, 0.29) is 31.1 Å². The SMILES string of the molecule is CC/C=C\C/C=C\C/C=C\C/C=C\C/C=C\C/C=C\C/C=C\CCCCCC(=O)OCC(COC(=O)CCCCCCC/C=C\CCCCCCC)OC(=O)CCCCCCC/C=C\C/C=C\CCCCC. The molecule has 0 saturated heterocycles. The monoisotopic (exact) mass is 997 g/mol. The van der Waals surface area contributed by atoms with E-state index in [1.54, 1.807) is 0 Å². The van der Waals surface area contributed by atoms with Crippen LogP contribution in [0.4, 0.5) is 0 Å². The number of carbonyl (C=O) groups is 3. The van der Waals surface area contributed by atoms with Crippen LogP contribution in [-0.4, -0.2) is 37.2 Å². The summed E-state index contributed by atoms with van der Waals surface area (Å²) >= 11 is 0. The number of esters is 3. The molecule has 0 fully saturated rings. The van der Waals surface area contributed by atoms with Gasteiger partial charge in [0.25, 0.3) is 0 Å². The summed E-state index contributed by atoms with van der Waals surface area (Å²) < 4.78 is 16.8. The van der Waals surface area contributed by atoms with Crippen LogP contribution in [0.3, 0.4) is 0 Å². The molecule has 0 aromatic rings. The van der Waals surface area contributed by atoms with Gasteiger partial charge in [0.2, 0.25) is 0 Å². The normalized spacial score (nSPS) is 13.0. The van der Waals surface area contributed by atoms with Crippen molar-refractivity contribution in [1.82, 2.24) is 0 Å². The smallest absolute Gasteiger partial charge is 0.306 e. The van der Waals surface area contributed by atoms with E-state index < -0.39 is 6.10 Å². The van der Waals surface area contributed by atoms with Gasteiger partial charge >= 0.3 is 17.9 Å². The molecule has 0 aliphatic heterocycles. The van der Waals surface area contributed by atoms with Crippen LogP contribution in [0.15, 0.2) is 122 Å². The number of hydrogen-bond acceptors (Lipinski definition) is 6. The Hall–Kier alpha value is -4.19. The summed E-state index contributed by atoms with van der Waals surface area (Å²) in [4.78, 5) is 38.2. The molecule has 0 aromatic heterocycles. The molecule has 1 unspecified atom stereocenters. The lowest BCUT2D eigenvalue weighted by atomic mass is 10.1. The van der Waals surface area contributed by atoms with Gasteiger partial charge in [-0.15, -0.1) is 0 Å². The molecule has 0 aliphatic carbocycles. The van der Waals surface area contributed by atoms with Crippen molar-refractivity contribution < 1.29 is 28.6 Å². The number of allylic oxidation sites excluding steroid dienone is 20. The molecule has 0 N–H and O–H groups in total. The van der Waals surface area contributed by atoms with Gasteiger partial charge in [0.05, 0.1) is 0 Å². The standard InChI is InChI=1S/C66H108O6/c1-4-7-10-13-16-19-22-25-28-29-30-31-32-33-34-35-36-37-39-41-44-47-50-53-56-59-65(68)71-62-63(61-70-64(67)58-55-52-49-46-43-40-27-24-21-18-15-12-9-6-3)72-66(69)60-57-54-51-48-45-42-38-26-23-20-17-14-11-8-5-2/h7,10,16-17,19-20,24-28,30-31,33-34,36-38,41,44,63H,4-6,8-9,11-15,18,21-23,29,32,35,39-40,42-43,45-62H2,1-3H3/b10-7-,19-16-,20-17-,27-24-,28-25-,31-30-,34-33-,37-36-,38-26-,44-41-. The lowest BCUT2D eigenvalue weighted by Crippen LogP contribution is -2.30. The summed E-state index contributed by atoms with van der Waals surface area (Å²) in [5.41, 5.74) is 0. The van der Waals surface area contributed by atoms with E-state index in [2.05, 4.69) is 142 Å². The van der Waals surface area contributed by atoms with Gasteiger partial charge in [0.1, 0.15) is 13.2 Å². The molecule has 0 rings (SSSR count). The van der Waals surface area contributed by atoms with E-state index in [0.29, 0.717) is 19.3 Å². The molecule has 0 amide bonds. The molecule has 0 radical (unpaired) electrons. The van der Waals surface area contributed by atoms with Crippen molar-refractivity contribution in [3.8, 4) is 0 Å². The average Bonchev–Trinajstić information content (AvgIpc) is 3.38. The Kier molecular flexibility index (Phi) is 55.9. The maximum atomic E-state index is 12.9. The van der Waals surface area contributed by atoms with Crippen LogP contribution >= 0.6 is 0 Å². The van der Waals surface area contributed by atoms with Crippen LogP contribution in [-0.2, 0) is 28.6 Å². The molecule has 0 heterocycles. The number of ether oxygens (including phenoxy) is 3. The Balaban J connectivity index is 4.46. The van der Waals surface area contributed by atoms with Gasteiger partial charge < -0.3 is 14.2 Å². The van der Waals surface area contributed by atoms with E-state index in [0.717, 1.165) is 148 Å². The fourth-order valence-electron chi connectivity index (χ4n) is 7.74. The predicted molar refractivity (Wildman–Crippen MR) is 311 cm³/mol. The van der Waals surface area contributed by atoms with Crippen molar-refractivity contribution in [2.45, 2.75) is 264 Å². The fraction of sp³-hybridized carbons (Fsp3) is 0.652. The zero-order chi connectivity index (χ0) is 52.2. The molecule has 0 saturated carbocycles. The Morgan fingerprint density at radius 3 is 0.903 bits per heavy atom. The molecule has 0 aromatic carbocycles. The first kappa shape index (κ1) is 67.8. The van der Waals surface area contributed by atoms with Gasteiger partial charge in [-0.3, -0.25) is 14.4 Å². The second-order valence-electron chi connectivity index (χ2n) is 19.2. The molecule has 1 atom stereocenters. The third-order valence-corrected chi connectivity index (χ3v) is 12.2. The van der Waals surface area contributed by atoms with Crippen LogP contribution < -0.4 is 0 Å². The average molecular weight is 998 g/mol. The molecule has 0 aliphatic rings. The van der Waals surface area contributed by atoms with Gasteiger partial charge in [0.15, 0.2) is 6.10 Å². The quantitative estimate of drug-likeness (QED) is 0.0261. The van der Waals surface area contributed by atoms with E-state index >= 15 is 0 Å². The molecule has 72 heavy (non-hydrogen) atoms. The molecule has 0 spiro atoms. The Labute approximate surface area is 443 Å². The minimum absolute atomic E-state index is 0.101. The van der Waals surface area contributed by atoms with E-state index in [4.69, 9.17) is 14.2 Å². The van der Waals surface area contributed by atoms with Crippen LogP contribution in [0.5, 0.6) is 0 Å². The number of rotatable bonds is 52. The predicted octanol–water partition coefficient (Wildman–Crippen LogP) is 20.0. The summed E-state index contributed by atoms with van der Waals surface area (Å²) in [6.07, 6.45) is 81.9. The van der Waals surface area contributed by atoms with Crippen LogP contribution in [0, 0.1) is 0 Å². The fourth-order valence-corrected chi connectivity index (χ4v) is 7.74. The minimum atomic E-state index is -0.806. The summed E-state index contributed by atoms with van der Waals surface area (Å²) in [6, 6.07) is 0. The van der Waals surface area contributed by atoms with Crippen LogP contribution in [0.25, 0.3) is 0 Å². The highest BCUT2D eigenvalue weighted by Crippen LogP contribution is 2.13. The van der Waals surface area contributed by atoms with Gasteiger partial charge in [-0.05, 0) is 135 Å². The lowest BCUT2D eigenvalue weighted by Gasteiger charge is -2.18. The highest BCUT2D eigenvalue weighted by atomic mass is 16.6. The zero-order valence-electron chi connectivity index (χ0n) is 46.7. The van der Waals surface area contributed by atoms with Crippen molar-refractivity contribution in [3.05, 3.63) is 122 Å². The van der Waals surface area contributed by atoms with E-state index in [1.807, 2.05) is 0 Å². The summed E-state index contributed by atoms with van der Waals surface area (Å²) in [5.74, 6) is -0.958. The van der Waals surface area contributed by atoms with Gasteiger partial charge in [-0.2, -0.15) is 0 Å². The van der Waals surface area contributed by atoms with Gasteiger partial charge in [0, 0.05) is 19.3 Å². The van der Waals surface area contributed by atoms with Gasteiger partial charge in [-0.1, -0.05) is 226 Å². The first-order chi connectivity index (χ1) is 35.5. The van der Waals surface area contributed by atoms with Crippen molar-refractivity contribution in [1.29, 1.82) is 0 Å². The summed E-state index contributed by atoms with van der Waals surface area (Å²) in [7, 11) is 0. The third kappa shape index (κ3) is 56.7.